The van der Waals surface area contributed by atoms with Gasteiger partial charge in [0.1, 0.15) is 5.75 Å². The van der Waals surface area contributed by atoms with Gasteiger partial charge in [0, 0.05) is 24.7 Å². The quantitative estimate of drug-likeness (QED) is 0.773. The maximum Gasteiger partial charge on any atom is 0.225 e. The summed E-state index contributed by atoms with van der Waals surface area (Å²) in [4.78, 5) is 13.5. The summed E-state index contributed by atoms with van der Waals surface area (Å²) in [6, 6.07) is 9.23. The molecule has 1 aromatic carbocycles. The molecule has 18 heavy (non-hydrogen) atoms. The van der Waals surface area contributed by atoms with Gasteiger partial charge in [0.05, 0.1) is 19.7 Å². The minimum atomic E-state index is -0.0759. The number of amides is 1. The van der Waals surface area contributed by atoms with Crippen molar-refractivity contribution in [1.29, 1.82) is 5.26 Å². The normalized spacial score (nSPS) is 9.89. The Hall–Kier alpha value is -2.06. The number of nitrogens with zero attached hydrogens (tertiary/aromatic N) is 2. The summed E-state index contributed by atoms with van der Waals surface area (Å²) in [6.45, 7) is 0.885. The molecule has 0 aromatic heterocycles. The Morgan fingerprint density at radius 2 is 2.33 bits per heavy atom. The Labute approximate surface area is 107 Å². The molecule has 1 amide bonds. The molecule has 5 nitrogen and oxygen atoms in total. The summed E-state index contributed by atoms with van der Waals surface area (Å²) in [5.74, 6) is 0.627. The van der Waals surface area contributed by atoms with E-state index in [0.29, 0.717) is 30.9 Å². The molecule has 1 N–H and O–H groups in total. The summed E-state index contributed by atoms with van der Waals surface area (Å²) >= 11 is 0. The van der Waals surface area contributed by atoms with Crippen molar-refractivity contribution >= 4 is 11.6 Å². The fraction of sp³-hybridized carbons (Fsp3) is 0.385. The van der Waals surface area contributed by atoms with Crippen molar-refractivity contribution in [3.8, 4) is 11.8 Å². The monoisotopic (exact) mass is 247 g/mol. The molecule has 0 aliphatic heterocycles. The van der Waals surface area contributed by atoms with Crippen LogP contribution in [0.5, 0.6) is 5.75 Å². The maximum atomic E-state index is 11.7. The standard InChI is InChI=1S/C13H17N3O2/c1-16(9-7-14)8-6-13(17)15-11-4-3-5-12(10-11)18-2/h3-5,10H,6,8-9H2,1-2H3,(H,15,17). The average molecular weight is 247 g/mol. The molecule has 0 spiro atoms. The van der Waals surface area contributed by atoms with E-state index in [1.54, 1.807) is 24.1 Å². The third kappa shape index (κ3) is 4.85. The molecular weight excluding hydrogens is 230 g/mol. The zero-order chi connectivity index (χ0) is 13.4. The van der Waals surface area contributed by atoms with Crippen molar-refractivity contribution < 1.29 is 9.53 Å². The molecule has 0 fully saturated rings. The van der Waals surface area contributed by atoms with Crippen LogP contribution in [0.2, 0.25) is 0 Å². The smallest absolute Gasteiger partial charge is 0.225 e. The van der Waals surface area contributed by atoms with Crippen LogP contribution in [0.25, 0.3) is 0 Å². The Morgan fingerprint density at radius 1 is 1.56 bits per heavy atom. The molecule has 0 bridgehead atoms. The van der Waals surface area contributed by atoms with Gasteiger partial charge < -0.3 is 10.1 Å². The Bertz CT molecular complexity index is 440. The number of anilines is 1. The van der Waals surface area contributed by atoms with Gasteiger partial charge in [-0.2, -0.15) is 5.26 Å². The second-order valence-corrected chi connectivity index (χ2v) is 3.93. The number of methoxy groups -OCH3 is 1. The lowest BCUT2D eigenvalue weighted by Crippen LogP contribution is -2.24. The first-order valence-corrected chi connectivity index (χ1v) is 5.65. The van der Waals surface area contributed by atoms with E-state index in [-0.39, 0.29) is 5.91 Å². The van der Waals surface area contributed by atoms with Gasteiger partial charge in [-0.3, -0.25) is 9.69 Å². The molecule has 0 radical (unpaired) electrons. The molecule has 0 saturated heterocycles. The van der Waals surface area contributed by atoms with E-state index in [1.807, 2.05) is 25.2 Å². The Balaban J connectivity index is 2.42. The number of carbonyl (C=O) groups is 1. The average Bonchev–Trinajstić information content (AvgIpc) is 2.37. The third-order valence-electron chi connectivity index (χ3n) is 2.41. The zero-order valence-corrected chi connectivity index (χ0v) is 10.6. The largest absolute Gasteiger partial charge is 0.497 e. The van der Waals surface area contributed by atoms with Gasteiger partial charge in [0.15, 0.2) is 0 Å². The van der Waals surface area contributed by atoms with Crippen molar-refractivity contribution in [1.82, 2.24) is 4.90 Å². The van der Waals surface area contributed by atoms with Crippen molar-refractivity contribution in [2.24, 2.45) is 0 Å². The number of nitrogens with one attached hydrogen (secondary N) is 1. The minimum absolute atomic E-state index is 0.0759. The van der Waals surface area contributed by atoms with Gasteiger partial charge in [-0.15, -0.1) is 0 Å². The highest BCUT2D eigenvalue weighted by molar-refractivity contribution is 5.90. The topological polar surface area (TPSA) is 65.4 Å². The number of hydrogen-bond acceptors (Lipinski definition) is 4. The van der Waals surface area contributed by atoms with E-state index < -0.39 is 0 Å². The SMILES string of the molecule is COc1cccc(NC(=O)CCN(C)CC#N)c1. The number of benzene rings is 1. The first-order chi connectivity index (χ1) is 8.65. The van der Waals surface area contributed by atoms with Crippen LogP contribution in [-0.2, 0) is 4.79 Å². The van der Waals surface area contributed by atoms with Crippen LogP contribution in [0.15, 0.2) is 24.3 Å². The molecule has 0 unspecified atom stereocenters. The summed E-state index contributed by atoms with van der Waals surface area (Å²) in [6.07, 6.45) is 0.357. The predicted octanol–water partition coefficient (Wildman–Crippen LogP) is 1.48. The van der Waals surface area contributed by atoms with E-state index in [1.165, 1.54) is 0 Å². The third-order valence-corrected chi connectivity index (χ3v) is 2.41. The highest BCUT2D eigenvalue weighted by Gasteiger charge is 2.05. The summed E-state index contributed by atoms with van der Waals surface area (Å²) < 4.78 is 5.07. The first kappa shape index (κ1) is 14.0. The summed E-state index contributed by atoms with van der Waals surface area (Å²) in [5.41, 5.74) is 0.710. The van der Waals surface area contributed by atoms with E-state index in [9.17, 15) is 4.79 Å². The zero-order valence-electron chi connectivity index (χ0n) is 10.6. The van der Waals surface area contributed by atoms with Crippen molar-refractivity contribution in [2.45, 2.75) is 6.42 Å². The summed E-state index contributed by atoms with van der Waals surface area (Å²) in [7, 11) is 3.39. The molecule has 5 heteroatoms. The molecule has 0 aliphatic rings. The predicted molar refractivity (Wildman–Crippen MR) is 69.4 cm³/mol. The van der Waals surface area contributed by atoms with Crippen LogP contribution in [0.3, 0.4) is 0 Å². The maximum absolute atomic E-state index is 11.7. The molecule has 0 atom stereocenters. The minimum Gasteiger partial charge on any atom is -0.497 e. The second kappa shape index (κ2) is 7.30. The number of carbonyl (C=O) groups excluding carboxylic acids is 1. The van der Waals surface area contributed by atoms with E-state index >= 15 is 0 Å². The number of rotatable bonds is 6. The molecule has 0 aliphatic carbocycles. The first-order valence-electron chi connectivity index (χ1n) is 5.65. The molecular formula is C13H17N3O2. The fourth-order valence-corrected chi connectivity index (χ4v) is 1.42. The van der Waals surface area contributed by atoms with Crippen LogP contribution in [-0.4, -0.2) is 38.1 Å². The molecule has 0 saturated carbocycles. The van der Waals surface area contributed by atoms with E-state index in [0.717, 1.165) is 0 Å². The lowest BCUT2D eigenvalue weighted by Gasteiger charge is -2.12. The molecule has 0 heterocycles. The van der Waals surface area contributed by atoms with Gasteiger partial charge >= 0.3 is 0 Å². The Kier molecular flexibility index (Phi) is 5.68. The van der Waals surface area contributed by atoms with Gasteiger partial charge in [0.2, 0.25) is 5.91 Å². The van der Waals surface area contributed by atoms with Crippen LogP contribution < -0.4 is 10.1 Å². The number of nitriles is 1. The van der Waals surface area contributed by atoms with Crippen molar-refractivity contribution in [3.63, 3.8) is 0 Å². The molecule has 96 valence electrons. The second-order valence-electron chi connectivity index (χ2n) is 3.93. The van der Waals surface area contributed by atoms with Crippen molar-refractivity contribution in [2.75, 3.05) is 32.6 Å². The van der Waals surface area contributed by atoms with Crippen LogP contribution in [0, 0.1) is 11.3 Å². The lowest BCUT2D eigenvalue weighted by molar-refractivity contribution is -0.116. The lowest BCUT2D eigenvalue weighted by atomic mass is 10.3. The fourth-order valence-electron chi connectivity index (χ4n) is 1.42. The van der Waals surface area contributed by atoms with Gasteiger partial charge in [-0.25, -0.2) is 0 Å². The van der Waals surface area contributed by atoms with Gasteiger partial charge in [0.25, 0.3) is 0 Å². The van der Waals surface area contributed by atoms with E-state index in [4.69, 9.17) is 10.00 Å². The highest BCUT2D eigenvalue weighted by atomic mass is 16.5. The van der Waals surface area contributed by atoms with Gasteiger partial charge in [-0.05, 0) is 19.2 Å². The van der Waals surface area contributed by atoms with Gasteiger partial charge in [-0.1, -0.05) is 6.07 Å². The highest BCUT2D eigenvalue weighted by Crippen LogP contribution is 2.16. The molecule has 1 rings (SSSR count). The van der Waals surface area contributed by atoms with Crippen molar-refractivity contribution in [3.05, 3.63) is 24.3 Å². The number of hydrogen-bond donors (Lipinski definition) is 1. The van der Waals surface area contributed by atoms with Crippen LogP contribution >= 0.6 is 0 Å². The molecule has 1 aromatic rings. The van der Waals surface area contributed by atoms with E-state index in [2.05, 4.69) is 5.32 Å². The van der Waals surface area contributed by atoms with Crippen LogP contribution in [0.1, 0.15) is 6.42 Å². The Morgan fingerprint density at radius 3 is 3.00 bits per heavy atom. The number of ether oxygens (including phenoxy) is 1. The summed E-state index contributed by atoms with van der Waals surface area (Å²) in [5, 5.41) is 11.3. The van der Waals surface area contributed by atoms with Crippen LogP contribution in [0.4, 0.5) is 5.69 Å².